The van der Waals surface area contributed by atoms with Gasteiger partial charge in [0.15, 0.2) is 5.82 Å². The van der Waals surface area contributed by atoms with Crippen molar-refractivity contribution in [3.05, 3.63) is 59.1 Å². The summed E-state index contributed by atoms with van der Waals surface area (Å²) in [7, 11) is 0. The van der Waals surface area contributed by atoms with Gasteiger partial charge >= 0.3 is 6.03 Å². The van der Waals surface area contributed by atoms with E-state index in [0.29, 0.717) is 18.7 Å². The fourth-order valence-corrected chi connectivity index (χ4v) is 2.78. The maximum Gasteiger partial charge on any atom is 0.319 e. The lowest BCUT2D eigenvalue weighted by atomic mass is 10.2. The van der Waals surface area contributed by atoms with Crippen molar-refractivity contribution >= 4 is 34.9 Å². The van der Waals surface area contributed by atoms with Gasteiger partial charge in [-0.3, -0.25) is 4.79 Å². The van der Waals surface area contributed by atoms with Gasteiger partial charge in [0.2, 0.25) is 5.91 Å². The number of carbonyl (C=O) groups is 2. The molecule has 2 N–H and O–H groups in total. The van der Waals surface area contributed by atoms with Crippen LogP contribution in [0.5, 0.6) is 0 Å². The lowest BCUT2D eigenvalue weighted by Gasteiger charge is -2.17. The Bertz CT molecular complexity index is 814. The van der Waals surface area contributed by atoms with Crippen molar-refractivity contribution in [2.75, 3.05) is 16.8 Å². The van der Waals surface area contributed by atoms with Crippen molar-refractivity contribution in [2.45, 2.75) is 12.5 Å². The molecule has 8 heteroatoms. The first-order valence-electron chi connectivity index (χ1n) is 7.54. The van der Waals surface area contributed by atoms with E-state index in [2.05, 4.69) is 10.6 Å². The standard InChI is InChI=1S/C17H14ClF2N3O2/c18-12-2-1-3-13(15(12)20)21-17(25)22-14-8-9-23(16(14)24)11-6-4-10(19)5-7-11/h1-7,14H,8-9H2,(H2,21,22,25)/t14-/m0/s1. The third-order valence-corrected chi connectivity index (χ3v) is 4.14. The van der Waals surface area contributed by atoms with Crippen molar-refractivity contribution in [1.82, 2.24) is 5.32 Å². The van der Waals surface area contributed by atoms with E-state index in [1.165, 1.54) is 47.4 Å². The molecule has 1 fully saturated rings. The maximum absolute atomic E-state index is 13.8. The van der Waals surface area contributed by atoms with Gasteiger partial charge in [0.25, 0.3) is 0 Å². The SMILES string of the molecule is O=C(Nc1cccc(Cl)c1F)N[C@H]1CCN(c2ccc(F)cc2)C1=O. The number of benzene rings is 2. The Labute approximate surface area is 147 Å². The van der Waals surface area contributed by atoms with Gasteiger partial charge in [0.05, 0.1) is 10.7 Å². The Hall–Kier alpha value is -2.67. The molecule has 1 heterocycles. The molecule has 1 saturated heterocycles. The Kier molecular flexibility index (Phi) is 4.85. The molecule has 5 nitrogen and oxygen atoms in total. The Balaban J connectivity index is 1.63. The number of hydrogen-bond acceptors (Lipinski definition) is 2. The lowest BCUT2D eigenvalue weighted by Crippen LogP contribution is -2.43. The molecule has 0 aromatic heterocycles. The van der Waals surface area contributed by atoms with Crippen LogP contribution in [0.2, 0.25) is 5.02 Å². The highest BCUT2D eigenvalue weighted by Crippen LogP contribution is 2.23. The van der Waals surface area contributed by atoms with E-state index in [1.807, 2.05) is 0 Å². The van der Waals surface area contributed by atoms with Crippen LogP contribution in [0.15, 0.2) is 42.5 Å². The number of rotatable bonds is 3. The van der Waals surface area contributed by atoms with Gasteiger partial charge in [-0.25, -0.2) is 13.6 Å². The molecule has 0 saturated carbocycles. The van der Waals surface area contributed by atoms with E-state index in [-0.39, 0.29) is 16.6 Å². The van der Waals surface area contributed by atoms with Crippen LogP contribution in [0.4, 0.5) is 25.0 Å². The Morgan fingerprint density at radius 1 is 1.16 bits per heavy atom. The third kappa shape index (κ3) is 3.71. The highest BCUT2D eigenvalue weighted by atomic mass is 35.5. The van der Waals surface area contributed by atoms with E-state index in [9.17, 15) is 18.4 Å². The van der Waals surface area contributed by atoms with Crippen LogP contribution < -0.4 is 15.5 Å². The van der Waals surface area contributed by atoms with E-state index in [4.69, 9.17) is 11.6 Å². The van der Waals surface area contributed by atoms with Gasteiger partial charge in [0.1, 0.15) is 11.9 Å². The number of hydrogen-bond donors (Lipinski definition) is 2. The molecule has 3 amide bonds. The van der Waals surface area contributed by atoms with Gasteiger partial charge in [0, 0.05) is 12.2 Å². The highest BCUT2D eigenvalue weighted by molar-refractivity contribution is 6.31. The molecule has 0 radical (unpaired) electrons. The van der Waals surface area contributed by atoms with Crippen LogP contribution in [-0.2, 0) is 4.79 Å². The zero-order valence-corrected chi connectivity index (χ0v) is 13.7. The van der Waals surface area contributed by atoms with E-state index in [0.717, 1.165) is 0 Å². The molecule has 130 valence electrons. The molecule has 0 bridgehead atoms. The summed E-state index contributed by atoms with van der Waals surface area (Å²) < 4.78 is 26.8. The third-order valence-electron chi connectivity index (χ3n) is 3.85. The first kappa shape index (κ1) is 17.2. The predicted octanol–water partition coefficient (Wildman–Crippen LogP) is 3.55. The zero-order valence-electron chi connectivity index (χ0n) is 12.9. The first-order chi connectivity index (χ1) is 12.0. The normalized spacial score (nSPS) is 16.8. The molecular weight excluding hydrogens is 352 g/mol. The van der Waals surface area contributed by atoms with E-state index >= 15 is 0 Å². The van der Waals surface area contributed by atoms with Crippen LogP contribution >= 0.6 is 11.6 Å². The summed E-state index contributed by atoms with van der Waals surface area (Å²) in [6.07, 6.45) is 0.391. The second-order valence-corrected chi connectivity index (χ2v) is 5.91. The van der Waals surface area contributed by atoms with Crippen molar-refractivity contribution in [2.24, 2.45) is 0 Å². The molecule has 0 spiro atoms. The minimum atomic E-state index is -0.745. The summed E-state index contributed by atoms with van der Waals surface area (Å²) in [6, 6.07) is 8.29. The fraction of sp³-hybridized carbons (Fsp3) is 0.176. The van der Waals surface area contributed by atoms with E-state index in [1.54, 1.807) is 0 Å². The molecule has 25 heavy (non-hydrogen) atoms. The molecule has 2 aromatic rings. The second kappa shape index (κ2) is 7.06. The van der Waals surface area contributed by atoms with E-state index < -0.39 is 23.7 Å². The summed E-state index contributed by atoms with van der Waals surface area (Å²) in [5.41, 5.74) is 0.475. The largest absolute Gasteiger partial charge is 0.326 e. The lowest BCUT2D eigenvalue weighted by molar-refractivity contribution is -0.118. The molecule has 1 aliphatic rings. The number of anilines is 2. The summed E-state index contributed by atoms with van der Waals surface area (Å²) in [6.45, 7) is 0.390. The van der Waals surface area contributed by atoms with Crippen LogP contribution in [-0.4, -0.2) is 24.5 Å². The minimum Gasteiger partial charge on any atom is -0.326 e. The number of urea groups is 1. The van der Waals surface area contributed by atoms with Crippen LogP contribution in [0.3, 0.4) is 0 Å². The molecule has 0 unspecified atom stereocenters. The summed E-state index contributed by atoms with van der Waals surface area (Å²) in [4.78, 5) is 25.9. The zero-order chi connectivity index (χ0) is 18.0. The number of nitrogens with one attached hydrogen (secondary N) is 2. The topological polar surface area (TPSA) is 61.4 Å². The molecule has 1 aliphatic heterocycles. The van der Waals surface area contributed by atoms with Crippen LogP contribution in [0.25, 0.3) is 0 Å². The minimum absolute atomic E-state index is 0.0779. The number of halogens is 3. The van der Waals surface area contributed by atoms with Crippen molar-refractivity contribution in [3.8, 4) is 0 Å². The van der Waals surface area contributed by atoms with Crippen molar-refractivity contribution in [3.63, 3.8) is 0 Å². The monoisotopic (exact) mass is 365 g/mol. The first-order valence-corrected chi connectivity index (χ1v) is 7.92. The van der Waals surface area contributed by atoms with Gasteiger partial charge in [-0.15, -0.1) is 0 Å². The molecule has 0 aliphatic carbocycles. The van der Waals surface area contributed by atoms with Crippen molar-refractivity contribution in [1.29, 1.82) is 0 Å². The van der Waals surface area contributed by atoms with Crippen LogP contribution in [0, 0.1) is 11.6 Å². The molecular formula is C17H14ClF2N3O2. The fourth-order valence-electron chi connectivity index (χ4n) is 2.61. The second-order valence-electron chi connectivity index (χ2n) is 5.51. The molecule has 1 atom stereocenters. The van der Waals surface area contributed by atoms with Gasteiger partial charge in [-0.2, -0.15) is 0 Å². The van der Waals surface area contributed by atoms with Crippen LogP contribution in [0.1, 0.15) is 6.42 Å². The van der Waals surface area contributed by atoms with Crippen molar-refractivity contribution < 1.29 is 18.4 Å². The predicted molar refractivity (Wildman–Crippen MR) is 90.7 cm³/mol. The number of amides is 3. The quantitative estimate of drug-likeness (QED) is 0.873. The average molecular weight is 366 g/mol. The smallest absolute Gasteiger partial charge is 0.319 e. The number of carbonyl (C=O) groups excluding carboxylic acids is 2. The molecule has 2 aromatic carbocycles. The Morgan fingerprint density at radius 2 is 1.88 bits per heavy atom. The Morgan fingerprint density at radius 3 is 2.60 bits per heavy atom. The van der Waals surface area contributed by atoms with Gasteiger partial charge in [-0.1, -0.05) is 17.7 Å². The summed E-state index contributed by atoms with van der Waals surface area (Å²) in [5.74, 6) is -1.45. The summed E-state index contributed by atoms with van der Waals surface area (Å²) in [5, 5.41) is 4.73. The maximum atomic E-state index is 13.8. The number of nitrogens with zero attached hydrogens (tertiary/aromatic N) is 1. The molecule has 3 rings (SSSR count). The highest BCUT2D eigenvalue weighted by Gasteiger charge is 2.33. The average Bonchev–Trinajstić information content (AvgIpc) is 2.93. The van der Waals surface area contributed by atoms with Gasteiger partial charge in [-0.05, 0) is 42.8 Å². The summed E-state index contributed by atoms with van der Waals surface area (Å²) >= 11 is 5.65. The van der Waals surface area contributed by atoms with Gasteiger partial charge < -0.3 is 15.5 Å².